The summed E-state index contributed by atoms with van der Waals surface area (Å²) >= 11 is 3.44. The summed E-state index contributed by atoms with van der Waals surface area (Å²) in [6.45, 7) is 8.26. The van der Waals surface area contributed by atoms with Crippen molar-refractivity contribution in [3.05, 3.63) is 0 Å². The van der Waals surface area contributed by atoms with Gasteiger partial charge in [0, 0.05) is 0 Å². The largest absolute Gasteiger partial charge is 0.465 e. The van der Waals surface area contributed by atoms with Crippen molar-refractivity contribution in [2.45, 2.75) is 38.4 Å². The molecule has 1 unspecified atom stereocenters. The fraction of sp³-hybridized carbons (Fsp3) is 0.889. The van der Waals surface area contributed by atoms with Crippen molar-refractivity contribution in [3.8, 4) is 0 Å². The van der Waals surface area contributed by atoms with E-state index >= 15 is 0 Å². The number of ether oxygens (including phenoxy) is 1. The van der Waals surface area contributed by atoms with Crippen molar-refractivity contribution >= 4 is 21.9 Å². The predicted molar refractivity (Wildman–Crippen MR) is 53.4 cm³/mol. The maximum atomic E-state index is 11.5. The Hall–Kier alpha value is -0.0500. The Kier molecular flexibility index (Phi) is 4.83. The number of carbonyl (C=O) groups excluding carboxylic acids is 1. The molecule has 0 aliphatic heterocycles. The molecule has 2 nitrogen and oxygen atoms in total. The molecule has 0 saturated carbocycles. The lowest BCUT2D eigenvalue weighted by atomic mass is 9.93. The van der Waals surface area contributed by atoms with Gasteiger partial charge in [-0.15, -0.1) is 0 Å². The minimum atomic E-state index is -0.497. The smallest absolute Gasteiger partial charge is 0.323 e. The van der Waals surface area contributed by atoms with E-state index in [4.69, 9.17) is 4.74 Å². The van der Waals surface area contributed by atoms with E-state index in [0.29, 0.717) is 6.61 Å². The number of halogens is 1. The Morgan fingerprint density at radius 1 is 1.50 bits per heavy atom. The van der Waals surface area contributed by atoms with Gasteiger partial charge in [0.25, 0.3) is 0 Å². The first-order chi connectivity index (χ1) is 5.49. The van der Waals surface area contributed by atoms with Crippen molar-refractivity contribution in [2.75, 3.05) is 6.61 Å². The standard InChI is InChI=1S/C9H17BrO2/c1-5-9(10,7(3)4)8(11)12-6-2/h7H,5-6H2,1-4H3. The van der Waals surface area contributed by atoms with Crippen molar-refractivity contribution in [2.24, 2.45) is 5.92 Å². The first-order valence-electron chi connectivity index (χ1n) is 4.35. The van der Waals surface area contributed by atoms with E-state index in [9.17, 15) is 4.79 Å². The van der Waals surface area contributed by atoms with Crippen LogP contribution < -0.4 is 0 Å². The molecule has 0 saturated heterocycles. The molecule has 0 heterocycles. The Labute approximate surface area is 82.8 Å². The Balaban J connectivity index is 4.40. The van der Waals surface area contributed by atoms with Crippen LogP contribution in [0.5, 0.6) is 0 Å². The monoisotopic (exact) mass is 236 g/mol. The first kappa shape index (κ1) is 11.9. The van der Waals surface area contributed by atoms with E-state index in [1.807, 2.05) is 27.7 Å². The lowest BCUT2D eigenvalue weighted by Crippen LogP contribution is -2.38. The second kappa shape index (κ2) is 4.85. The number of hydrogen-bond donors (Lipinski definition) is 0. The van der Waals surface area contributed by atoms with Crippen molar-refractivity contribution in [3.63, 3.8) is 0 Å². The van der Waals surface area contributed by atoms with Gasteiger partial charge in [0.15, 0.2) is 0 Å². The third-order valence-electron chi connectivity index (χ3n) is 2.04. The van der Waals surface area contributed by atoms with Crippen LogP contribution in [-0.4, -0.2) is 16.9 Å². The highest BCUT2D eigenvalue weighted by atomic mass is 79.9. The van der Waals surface area contributed by atoms with E-state index in [-0.39, 0.29) is 11.9 Å². The molecule has 0 amide bonds. The van der Waals surface area contributed by atoms with Gasteiger partial charge in [0.05, 0.1) is 6.61 Å². The summed E-state index contributed by atoms with van der Waals surface area (Å²) in [6, 6.07) is 0. The SMILES string of the molecule is CCOC(=O)C(Br)(CC)C(C)C. The highest BCUT2D eigenvalue weighted by Crippen LogP contribution is 2.32. The molecule has 0 N–H and O–H groups in total. The van der Waals surface area contributed by atoms with Gasteiger partial charge in [-0.3, -0.25) is 4.79 Å². The molecule has 0 rings (SSSR count). The molecule has 0 aromatic carbocycles. The average Bonchev–Trinajstić information content (AvgIpc) is 2.03. The van der Waals surface area contributed by atoms with Crippen LogP contribution in [0.2, 0.25) is 0 Å². The quantitative estimate of drug-likeness (QED) is 0.555. The number of esters is 1. The highest BCUT2D eigenvalue weighted by Gasteiger charge is 2.38. The van der Waals surface area contributed by atoms with E-state index in [1.54, 1.807) is 0 Å². The summed E-state index contributed by atoms with van der Waals surface area (Å²) in [7, 11) is 0. The lowest BCUT2D eigenvalue weighted by molar-refractivity contribution is -0.147. The molecule has 12 heavy (non-hydrogen) atoms. The van der Waals surface area contributed by atoms with Crippen LogP contribution in [-0.2, 0) is 9.53 Å². The summed E-state index contributed by atoms with van der Waals surface area (Å²) in [5.41, 5.74) is 0. The average molecular weight is 237 g/mol. The molecule has 0 aliphatic rings. The second-order valence-electron chi connectivity index (χ2n) is 3.09. The fourth-order valence-corrected chi connectivity index (χ4v) is 1.15. The number of carbonyl (C=O) groups is 1. The number of hydrogen-bond acceptors (Lipinski definition) is 2. The molecule has 72 valence electrons. The summed E-state index contributed by atoms with van der Waals surface area (Å²) in [4.78, 5) is 11.5. The molecule has 3 heteroatoms. The molecule has 0 fully saturated rings. The Morgan fingerprint density at radius 2 is 2.00 bits per heavy atom. The molecule has 0 aromatic heterocycles. The first-order valence-corrected chi connectivity index (χ1v) is 5.14. The van der Waals surface area contributed by atoms with Crippen molar-refractivity contribution in [1.29, 1.82) is 0 Å². The summed E-state index contributed by atoms with van der Waals surface area (Å²) in [5, 5.41) is 0. The van der Waals surface area contributed by atoms with Crippen LogP contribution >= 0.6 is 15.9 Å². The normalized spacial score (nSPS) is 15.8. The highest BCUT2D eigenvalue weighted by molar-refractivity contribution is 9.10. The van der Waals surface area contributed by atoms with E-state index in [0.717, 1.165) is 6.42 Å². The second-order valence-corrected chi connectivity index (χ2v) is 4.51. The Morgan fingerprint density at radius 3 is 2.25 bits per heavy atom. The third kappa shape index (κ3) is 2.47. The summed E-state index contributed by atoms with van der Waals surface area (Å²) in [6.07, 6.45) is 0.753. The van der Waals surface area contributed by atoms with Crippen LogP contribution in [0.1, 0.15) is 34.1 Å². The van der Waals surface area contributed by atoms with Crippen LogP contribution in [0, 0.1) is 5.92 Å². The zero-order chi connectivity index (χ0) is 9.78. The van der Waals surface area contributed by atoms with Gasteiger partial charge in [-0.2, -0.15) is 0 Å². The van der Waals surface area contributed by atoms with Crippen LogP contribution in [0.25, 0.3) is 0 Å². The molecule has 0 radical (unpaired) electrons. The van der Waals surface area contributed by atoms with Crippen molar-refractivity contribution < 1.29 is 9.53 Å². The van der Waals surface area contributed by atoms with Gasteiger partial charge >= 0.3 is 5.97 Å². The maximum Gasteiger partial charge on any atom is 0.323 e. The minimum absolute atomic E-state index is 0.150. The molecular weight excluding hydrogens is 220 g/mol. The number of alkyl halides is 1. The van der Waals surface area contributed by atoms with Gasteiger partial charge in [-0.25, -0.2) is 0 Å². The third-order valence-corrected chi connectivity index (χ3v) is 3.84. The van der Waals surface area contributed by atoms with Gasteiger partial charge in [0.2, 0.25) is 0 Å². The predicted octanol–water partition coefficient (Wildman–Crippen LogP) is 2.75. The van der Waals surface area contributed by atoms with Crippen LogP contribution in [0.4, 0.5) is 0 Å². The Bertz CT molecular complexity index is 157. The zero-order valence-electron chi connectivity index (χ0n) is 8.19. The lowest BCUT2D eigenvalue weighted by Gasteiger charge is -2.27. The minimum Gasteiger partial charge on any atom is -0.465 e. The molecule has 1 atom stereocenters. The summed E-state index contributed by atoms with van der Waals surface area (Å²) in [5.74, 6) is 0.101. The van der Waals surface area contributed by atoms with E-state index in [2.05, 4.69) is 15.9 Å². The fourth-order valence-electron chi connectivity index (χ4n) is 1.04. The molecule has 0 aromatic rings. The number of rotatable bonds is 4. The van der Waals surface area contributed by atoms with E-state index in [1.165, 1.54) is 0 Å². The van der Waals surface area contributed by atoms with Gasteiger partial charge in [-0.1, -0.05) is 36.7 Å². The van der Waals surface area contributed by atoms with Gasteiger partial charge in [-0.05, 0) is 19.3 Å². The van der Waals surface area contributed by atoms with Crippen LogP contribution in [0.3, 0.4) is 0 Å². The van der Waals surface area contributed by atoms with Crippen LogP contribution in [0.15, 0.2) is 0 Å². The topological polar surface area (TPSA) is 26.3 Å². The zero-order valence-corrected chi connectivity index (χ0v) is 9.77. The summed E-state index contributed by atoms with van der Waals surface area (Å²) < 4.78 is 4.48. The van der Waals surface area contributed by atoms with Gasteiger partial charge < -0.3 is 4.74 Å². The molecule has 0 bridgehead atoms. The van der Waals surface area contributed by atoms with E-state index < -0.39 is 4.32 Å². The molecule has 0 aliphatic carbocycles. The van der Waals surface area contributed by atoms with Gasteiger partial charge in [0.1, 0.15) is 4.32 Å². The molecular formula is C9H17BrO2. The molecule has 0 spiro atoms. The van der Waals surface area contributed by atoms with Crippen molar-refractivity contribution in [1.82, 2.24) is 0 Å². The maximum absolute atomic E-state index is 11.5.